The van der Waals surface area contributed by atoms with Crippen LogP contribution in [0.2, 0.25) is 0 Å². The summed E-state index contributed by atoms with van der Waals surface area (Å²) in [6, 6.07) is 0. The SMILES string of the molecule is C=C(CC[C@@H]1C(=C)CCC2C(C)(C)[C@H](O)C(=O)C[C@]21C)C(O)CO. The molecule has 0 aliphatic heterocycles. The monoisotopic (exact) mass is 336 g/mol. The van der Waals surface area contributed by atoms with E-state index in [2.05, 4.69) is 20.1 Å². The van der Waals surface area contributed by atoms with Crippen LogP contribution in [0, 0.1) is 22.7 Å². The van der Waals surface area contributed by atoms with E-state index in [0.717, 1.165) is 24.8 Å². The molecule has 0 aromatic heterocycles. The summed E-state index contributed by atoms with van der Waals surface area (Å²) in [5.74, 6) is 0.339. The zero-order valence-corrected chi connectivity index (χ0v) is 15.2. The lowest BCUT2D eigenvalue weighted by atomic mass is 9.46. The Kier molecular flexibility index (Phi) is 5.43. The maximum Gasteiger partial charge on any atom is 0.162 e. The minimum atomic E-state index is -0.895. The number of Topliss-reactive ketones (excluding diaryl/α,β-unsaturated/α-hetero) is 1. The second-order valence-corrected chi connectivity index (χ2v) is 8.57. The lowest BCUT2D eigenvalue weighted by molar-refractivity contribution is -0.162. The van der Waals surface area contributed by atoms with Gasteiger partial charge in [-0.2, -0.15) is 0 Å². The fourth-order valence-corrected chi connectivity index (χ4v) is 5.25. The molecule has 2 saturated carbocycles. The zero-order valence-electron chi connectivity index (χ0n) is 15.2. The van der Waals surface area contributed by atoms with Crippen molar-refractivity contribution in [2.45, 2.75) is 65.1 Å². The van der Waals surface area contributed by atoms with Crippen LogP contribution in [-0.2, 0) is 4.79 Å². The smallest absolute Gasteiger partial charge is 0.162 e. The van der Waals surface area contributed by atoms with Crippen molar-refractivity contribution >= 4 is 5.78 Å². The van der Waals surface area contributed by atoms with Gasteiger partial charge in [-0.3, -0.25) is 4.79 Å². The average Bonchev–Trinajstić information content (AvgIpc) is 2.50. The molecule has 2 fully saturated rings. The number of carbonyl (C=O) groups excluding carboxylic acids is 1. The van der Waals surface area contributed by atoms with E-state index in [-0.39, 0.29) is 29.6 Å². The molecule has 0 amide bonds. The molecule has 2 unspecified atom stereocenters. The standard InChI is InChI=1S/C20H32O4/c1-12-7-9-17-19(3,4)18(24)15(22)10-20(17,5)14(12)8-6-13(2)16(23)11-21/h14,16-18,21,23-24H,1-2,6-11H2,3-5H3/t14-,16?,17?,18-,20+/m1/s1. The first-order valence-corrected chi connectivity index (χ1v) is 8.90. The Hall–Kier alpha value is -0.970. The Labute approximate surface area is 145 Å². The molecule has 0 spiro atoms. The predicted molar refractivity (Wildman–Crippen MR) is 94.3 cm³/mol. The van der Waals surface area contributed by atoms with Gasteiger partial charge in [-0.1, -0.05) is 39.5 Å². The van der Waals surface area contributed by atoms with Crippen molar-refractivity contribution in [3.05, 3.63) is 24.3 Å². The minimum absolute atomic E-state index is 0.0762. The van der Waals surface area contributed by atoms with E-state index in [9.17, 15) is 15.0 Å². The van der Waals surface area contributed by atoms with E-state index in [1.165, 1.54) is 0 Å². The van der Waals surface area contributed by atoms with Crippen LogP contribution in [0.25, 0.3) is 0 Å². The lowest BCUT2D eigenvalue weighted by Gasteiger charge is -2.58. The molecular weight excluding hydrogens is 304 g/mol. The molecule has 0 bridgehead atoms. The number of ketones is 1. The highest BCUT2D eigenvalue weighted by Crippen LogP contribution is 2.61. The summed E-state index contributed by atoms with van der Waals surface area (Å²) in [6.45, 7) is 14.0. The van der Waals surface area contributed by atoms with E-state index in [0.29, 0.717) is 18.4 Å². The van der Waals surface area contributed by atoms with Crippen LogP contribution in [0.3, 0.4) is 0 Å². The summed E-state index contributed by atoms with van der Waals surface area (Å²) in [7, 11) is 0. The van der Waals surface area contributed by atoms with Crippen molar-refractivity contribution in [1.29, 1.82) is 0 Å². The highest BCUT2D eigenvalue weighted by Gasteiger charge is 2.58. The maximum atomic E-state index is 12.4. The largest absolute Gasteiger partial charge is 0.393 e. The molecule has 0 aromatic carbocycles. The third-order valence-corrected chi connectivity index (χ3v) is 6.70. The fraction of sp³-hybridized carbons (Fsp3) is 0.750. The van der Waals surface area contributed by atoms with Crippen LogP contribution in [0.5, 0.6) is 0 Å². The maximum absolute atomic E-state index is 12.4. The van der Waals surface area contributed by atoms with Gasteiger partial charge in [-0.25, -0.2) is 0 Å². The molecule has 4 heteroatoms. The number of fused-ring (bicyclic) bond motifs is 1. The van der Waals surface area contributed by atoms with Gasteiger partial charge in [0.2, 0.25) is 0 Å². The number of rotatable bonds is 5. The summed E-state index contributed by atoms with van der Waals surface area (Å²) in [5, 5.41) is 29.2. The molecule has 0 saturated heterocycles. The third kappa shape index (κ3) is 3.12. The first-order chi connectivity index (χ1) is 11.1. The van der Waals surface area contributed by atoms with E-state index < -0.39 is 17.6 Å². The molecule has 0 aromatic rings. The summed E-state index contributed by atoms with van der Waals surface area (Å²) < 4.78 is 0. The molecular formula is C20H32O4. The summed E-state index contributed by atoms with van der Waals surface area (Å²) in [6.07, 6.45) is 1.81. The van der Waals surface area contributed by atoms with Gasteiger partial charge in [0.05, 0.1) is 12.7 Å². The lowest BCUT2D eigenvalue weighted by Crippen LogP contribution is -2.58. The summed E-state index contributed by atoms with van der Waals surface area (Å²) >= 11 is 0. The second kappa shape index (κ2) is 6.74. The van der Waals surface area contributed by atoms with Crippen LogP contribution in [-0.4, -0.2) is 39.9 Å². The van der Waals surface area contributed by atoms with Crippen LogP contribution in [0.15, 0.2) is 24.3 Å². The van der Waals surface area contributed by atoms with Crippen molar-refractivity contribution in [3.63, 3.8) is 0 Å². The average molecular weight is 336 g/mol. The van der Waals surface area contributed by atoms with Gasteiger partial charge in [-0.15, -0.1) is 0 Å². The number of aliphatic hydroxyl groups is 3. The molecule has 2 rings (SSSR count). The fourth-order valence-electron chi connectivity index (χ4n) is 5.25. The van der Waals surface area contributed by atoms with Gasteiger partial charge in [0.1, 0.15) is 6.10 Å². The molecule has 0 heterocycles. The second-order valence-electron chi connectivity index (χ2n) is 8.57. The van der Waals surface area contributed by atoms with Crippen molar-refractivity contribution in [3.8, 4) is 0 Å². The third-order valence-electron chi connectivity index (χ3n) is 6.70. The van der Waals surface area contributed by atoms with Crippen molar-refractivity contribution in [2.24, 2.45) is 22.7 Å². The Morgan fingerprint density at radius 1 is 1.38 bits per heavy atom. The molecule has 4 nitrogen and oxygen atoms in total. The highest BCUT2D eigenvalue weighted by molar-refractivity contribution is 5.85. The molecule has 0 radical (unpaired) electrons. The number of carbonyl (C=O) groups is 1. The Morgan fingerprint density at radius 3 is 2.58 bits per heavy atom. The van der Waals surface area contributed by atoms with Gasteiger partial charge < -0.3 is 15.3 Å². The van der Waals surface area contributed by atoms with Crippen LogP contribution < -0.4 is 0 Å². The van der Waals surface area contributed by atoms with Gasteiger partial charge >= 0.3 is 0 Å². The molecule has 5 atom stereocenters. The topological polar surface area (TPSA) is 77.8 Å². The Morgan fingerprint density at radius 2 is 2.00 bits per heavy atom. The number of hydrogen-bond donors (Lipinski definition) is 3. The highest BCUT2D eigenvalue weighted by atomic mass is 16.3. The molecule has 2 aliphatic carbocycles. The molecule has 136 valence electrons. The summed E-state index contributed by atoms with van der Waals surface area (Å²) in [5.41, 5.74) is 1.11. The first kappa shape index (κ1) is 19.4. The van der Waals surface area contributed by atoms with Gasteiger partial charge in [0.15, 0.2) is 5.78 Å². The normalized spacial score (nSPS) is 37.0. The van der Waals surface area contributed by atoms with E-state index in [1.54, 1.807) is 0 Å². The molecule has 24 heavy (non-hydrogen) atoms. The quantitative estimate of drug-likeness (QED) is 0.675. The Bertz CT molecular complexity index is 536. The zero-order chi connectivity index (χ0) is 18.3. The number of allylic oxidation sites excluding steroid dienone is 1. The van der Waals surface area contributed by atoms with Crippen LogP contribution in [0.1, 0.15) is 52.9 Å². The van der Waals surface area contributed by atoms with Crippen molar-refractivity contribution in [2.75, 3.05) is 6.61 Å². The summed E-state index contributed by atoms with van der Waals surface area (Å²) in [4.78, 5) is 12.4. The Balaban J connectivity index is 2.25. The van der Waals surface area contributed by atoms with Gasteiger partial charge in [-0.05, 0) is 48.5 Å². The van der Waals surface area contributed by atoms with E-state index in [4.69, 9.17) is 5.11 Å². The van der Waals surface area contributed by atoms with Gasteiger partial charge in [0.25, 0.3) is 0 Å². The van der Waals surface area contributed by atoms with Crippen molar-refractivity contribution < 1.29 is 20.1 Å². The molecule has 2 aliphatic rings. The van der Waals surface area contributed by atoms with Gasteiger partial charge in [0, 0.05) is 11.8 Å². The first-order valence-electron chi connectivity index (χ1n) is 8.90. The number of hydrogen-bond acceptors (Lipinski definition) is 4. The predicted octanol–water partition coefficient (Wildman–Crippen LogP) is 2.62. The van der Waals surface area contributed by atoms with E-state index in [1.807, 2.05) is 13.8 Å². The number of aliphatic hydroxyl groups excluding tert-OH is 3. The minimum Gasteiger partial charge on any atom is -0.393 e. The van der Waals surface area contributed by atoms with Crippen LogP contribution in [0.4, 0.5) is 0 Å². The van der Waals surface area contributed by atoms with Crippen molar-refractivity contribution in [1.82, 2.24) is 0 Å². The van der Waals surface area contributed by atoms with E-state index >= 15 is 0 Å². The molecule has 3 N–H and O–H groups in total. The van der Waals surface area contributed by atoms with Crippen LogP contribution >= 0.6 is 0 Å².